The molecule has 0 fully saturated rings. The number of rotatable bonds is 12. The predicted molar refractivity (Wildman–Crippen MR) is 161 cm³/mol. The largest absolute Gasteiger partial charge is 0.490 e. The highest BCUT2D eigenvalue weighted by atomic mass is 79.9. The van der Waals surface area contributed by atoms with Crippen LogP contribution in [0.3, 0.4) is 0 Å². The Morgan fingerprint density at radius 3 is 2.43 bits per heavy atom. The average molecular weight is 639 g/mol. The number of carbonyl (C=O) groups is 2. The molecule has 2 aromatic heterocycles. The van der Waals surface area contributed by atoms with Gasteiger partial charge in [-0.25, -0.2) is 10.2 Å². The summed E-state index contributed by atoms with van der Waals surface area (Å²) in [6.45, 7) is 8.07. The smallest absolute Gasteiger partial charge is 0.346 e. The molecule has 4 aromatic rings. The van der Waals surface area contributed by atoms with Crippen molar-refractivity contribution >= 4 is 34.0 Å². The molecule has 0 unspecified atom stereocenters. The molecule has 1 amide bonds. The minimum absolute atomic E-state index is 0.0939. The van der Waals surface area contributed by atoms with Gasteiger partial charge in [0, 0.05) is 17.1 Å². The molecule has 1 N–H and O–H groups in total. The van der Waals surface area contributed by atoms with E-state index in [4.69, 9.17) is 23.4 Å². The number of benzene rings is 2. The van der Waals surface area contributed by atoms with Gasteiger partial charge in [0.1, 0.15) is 18.1 Å². The number of nitrogens with zero attached hydrogens (tertiary/aromatic N) is 2. The third kappa shape index (κ3) is 7.41. The fourth-order valence-electron chi connectivity index (χ4n) is 4.15. The molecule has 0 bridgehead atoms. The number of furan rings is 1. The third-order valence-corrected chi connectivity index (χ3v) is 6.76. The summed E-state index contributed by atoms with van der Waals surface area (Å²) in [5.74, 6) is 0.984. The molecular formula is C31H32BrN3O7. The number of methoxy groups -OCH3 is 1. The van der Waals surface area contributed by atoms with Crippen molar-refractivity contribution in [2.75, 3.05) is 13.7 Å². The molecule has 0 aliphatic carbocycles. The van der Waals surface area contributed by atoms with Gasteiger partial charge in [-0.3, -0.25) is 4.79 Å². The summed E-state index contributed by atoms with van der Waals surface area (Å²) in [4.78, 5) is 24.3. The van der Waals surface area contributed by atoms with Crippen LogP contribution in [-0.2, 0) is 16.1 Å². The topological polar surface area (TPSA) is 114 Å². The number of carbonyl (C=O) groups excluding carboxylic acids is 2. The lowest BCUT2D eigenvalue weighted by Crippen LogP contribution is -2.25. The molecule has 0 aliphatic heterocycles. The van der Waals surface area contributed by atoms with E-state index in [2.05, 4.69) is 57.0 Å². The second-order valence-electron chi connectivity index (χ2n) is 9.25. The van der Waals surface area contributed by atoms with Gasteiger partial charge in [0.15, 0.2) is 23.4 Å². The minimum atomic E-state index is -0.836. The minimum Gasteiger partial charge on any atom is -0.490 e. The number of nitrogens with one attached hydrogen (secondary N) is 1. The second kappa shape index (κ2) is 13.9. The Balaban J connectivity index is 1.34. The van der Waals surface area contributed by atoms with Crippen molar-refractivity contribution in [2.45, 2.75) is 40.4 Å². The van der Waals surface area contributed by atoms with Crippen molar-refractivity contribution in [1.29, 1.82) is 0 Å². The SMILES string of the molecule is CCOc1cc(/C=N/NC(=O)c2ccc(COc3ccc(-n4c(C)ccc4C)cc3)o2)cc(Br)c1O[C@H](C)C(=O)OC. The first-order valence-corrected chi connectivity index (χ1v) is 14.0. The summed E-state index contributed by atoms with van der Waals surface area (Å²) in [5, 5.41) is 4.03. The van der Waals surface area contributed by atoms with E-state index in [1.807, 2.05) is 31.2 Å². The van der Waals surface area contributed by atoms with Crippen LogP contribution < -0.4 is 19.6 Å². The monoisotopic (exact) mass is 637 g/mol. The lowest BCUT2D eigenvalue weighted by Gasteiger charge is -2.17. The predicted octanol–water partition coefficient (Wildman–Crippen LogP) is 6.13. The van der Waals surface area contributed by atoms with Crippen LogP contribution in [0.2, 0.25) is 0 Å². The molecule has 1 atom stereocenters. The van der Waals surface area contributed by atoms with E-state index in [1.165, 1.54) is 13.3 Å². The van der Waals surface area contributed by atoms with Crippen molar-refractivity contribution in [3.8, 4) is 22.9 Å². The first-order chi connectivity index (χ1) is 20.2. The number of hydrogen-bond acceptors (Lipinski definition) is 8. The Bertz CT molecular complexity index is 1550. The van der Waals surface area contributed by atoms with Gasteiger partial charge in [-0.15, -0.1) is 0 Å². The zero-order valence-electron chi connectivity index (χ0n) is 24.0. The van der Waals surface area contributed by atoms with Crippen molar-refractivity contribution in [2.24, 2.45) is 5.10 Å². The van der Waals surface area contributed by atoms with Crippen LogP contribution in [0.5, 0.6) is 17.2 Å². The maximum Gasteiger partial charge on any atom is 0.346 e. The second-order valence-corrected chi connectivity index (χ2v) is 10.1. The first-order valence-electron chi connectivity index (χ1n) is 13.2. The van der Waals surface area contributed by atoms with Gasteiger partial charge in [0.2, 0.25) is 0 Å². The molecule has 42 heavy (non-hydrogen) atoms. The Labute approximate surface area is 252 Å². The standard InChI is InChI=1S/C31H32BrN3O7/c1-6-39-28-16-22(15-26(32)29(28)41-21(4)31(37)38-5)17-33-34-30(36)27-14-13-25(42-27)18-40-24-11-9-23(10-12-24)35-19(2)7-8-20(35)3/h7-17,21H,6,18H2,1-5H3,(H,34,36)/b33-17+/t21-/m1/s1. The number of hydrogen-bond donors (Lipinski definition) is 1. The van der Waals surface area contributed by atoms with Crippen LogP contribution in [0, 0.1) is 13.8 Å². The molecule has 2 heterocycles. The molecule has 4 rings (SSSR count). The van der Waals surface area contributed by atoms with E-state index in [9.17, 15) is 9.59 Å². The number of aryl methyl sites for hydroxylation is 2. The third-order valence-electron chi connectivity index (χ3n) is 6.17. The molecule has 0 saturated heterocycles. The van der Waals surface area contributed by atoms with Crippen molar-refractivity contribution in [1.82, 2.24) is 9.99 Å². The highest BCUT2D eigenvalue weighted by Gasteiger charge is 2.20. The van der Waals surface area contributed by atoms with Crippen LogP contribution in [0.1, 0.15) is 47.1 Å². The van der Waals surface area contributed by atoms with Crippen LogP contribution in [0.15, 0.2) is 74.7 Å². The van der Waals surface area contributed by atoms with E-state index in [0.717, 1.165) is 17.1 Å². The molecule has 0 saturated carbocycles. The maximum absolute atomic E-state index is 12.6. The van der Waals surface area contributed by atoms with Crippen LogP contribution >= 0.6 is 15.9 Å². The Hall–Kier alpha value is -4.51. The highest BCUT2D eigenvalue weighted by molar-refractivity contribution is 9.10. The lowest BCUT2D eigenvalue weighted by atomic mass is 10.2. The summed E-state index contributed by atoms with van der Waals surface area (Å²) in [7, 11) is 1.29. The van der Waals surface area contributed by atoms with E-state index < -0.39 is 18.0 Å². The summed E-state index contributed by atoms with van der Waals surface area (Å²) < 4.78 is 30.3. The molecule has 2 aromatic carbocycles. The van der Waals surface area contributed by atoms with Crippen LogP contribution in [0.25, 0.3) is 5.69 Å². The Morgan fingerprint density at radius 1 is 1.05 bits per heavy atom. The maximum atomic E-state index is 12.6. The summed E-state index contributed by atoms with van der Waals surface area (Å²) in [5.41, 5.74) is 6.43. The van der Waals surface area contributed by atoms with E-state index in [1.54, 1.807) is 31.2 Å². The summed E-state index contributed by atoms with van der Waals surface area (Å²) in [6, 6.07) is 18.6. The molecule has 10 nitrogen and oxygen atoms in total. The normalized spacial score (nSPS) is 11.8. The fourth-order valence-corrected chi connectivity index (χ4v) is 4.70. The van der Waals surface area contributed by atoms with E-state index in [-0.39, 0.29) is 12.4 Å². The van der Waals surface area contributed by atoms with Gasteiger partial charge < -0.3 is 27.9 Å². The molecule has 11 heteroatoms. The molecule has 220 valence electrons. The fraction of sp³-hybridized carbons (Fsp3) is 0.258. The quantitative estimate of drug-likeness (QED) is 0.113. The number of amides is 1. The zero-order valence-corrected chi connectivity index (χ0v) is 25.6. The van der Waals surface area contributed by atoms with Gasteiger partial charge in [-0.05, 0) is 110 Å². The molecule has 0 aliphatic rings. The number of hydrazone groups is 1. The number of halogens is 1. The van der Waals surface area contributed by atoms with Gasteiger partial charge in [-0.1, -0.05) is 0 Å². The molecular weight excluding hydrogens is 606 g/mol. The van der Waals surface area contributed by atoms with Crippen LogP contribution in [-0.4, -0.2) is 42.5 Å². The van der Waals surface area contributed by atoms with Gasteiger partial charge in [0.25, 0.3) is 0 Å². The van der Waals surface area contributed by atoms with Crippen molar-refractivity contribution in [3.63, 3.8) is 0 Å². The molecule has 0 radical (unpaired) electrons. The Morgan fingerprint density at radius 2 is 1.76 bits per heavy atom. The van der Waals surface area contributed by atoms with E-state index >= 15 is 0 Å². The number of aromatic nitrogens is 1. The summed E-state index contributed by atoms with van der Waals surface area (Å²) in [6.07, 6.45) is 0.615. The molecule has 0 spiro atoms. The van der Waals surface area contributed by atoms with Gasteiger partial charge >= 0.3 is 11.9 Å². The van der Waals surface area contributed by atoms with Crippen LogP contribution in [0.4, 0.5) is 0 Å². The number of ether oxygens (including phenoxy) is 4. The highest BCUT2D eigenvalue weighted by Crippen LogP contribution is 2.37. The first kappa shape index (κ1) is 30.4. The Kier molecular flexibility index (Phi) is 10.1. The lowest BCUT2D eigenvalue weighted by molar-refractivity contribution is -0.148. The summed E-state index contributed by atoms with van der Waals surface area (Å²) >= 11 is 3.44. The van der Waals surface area contributed by atoms with Crippen molar-refractivity contribution < 1.29 is 33.0 Å². The average Bonchev–Trinajstić information content (AvgIpc) is 3.59. The van der Waals surface area contributed by atoms with E-state index in [0.29, 0.717) is 39.7 Å². The van der Waals surface area contributed by atoms with Crippen molar-refractivity contribution in [3.05, 3.63) is 93.6 Å². The zero-order chi connectivity index (χ0) is 30.2. The number of esters is 1. The van der Waals surface area contributed by atoms with Gasteiger partial charge in [-0.2, -0.15) is 5.10 Å². The van der Waals surface area contributed by atoms with Gasteiger partial charge in [0.05, 0.1) is 24.4 Å².